The van der Waals surface area contributed by atoms with Gasteiger partial charge in [0, 0.05) is 28.5 Å². The number of hydrogen-bond donors (Lipinski definition) is 0. The lowest BCUT2D eigenvalue weighted by Crippen LogP contribution is -3.00. The number of ketones is 1. The van der Waals surface area contributed by atoms with Crippen LogP contribution in [0.25, 0.3) is 5.69 Å². The Morgan fingerprint density at radius 1 is 1.00 bits per heavy atom. The molecule has 0 aliphatic carbocycles. The quantitative estimate of drug-likeness (QED) is 0.127. The molecule has 0 spiro atoms. The van der Waals surface area contributed by atoms with Crippen LogP contribution in [0.4, 0.5) is 0 Å². The van der Waals surface area contributed by atoms with Crippen molar-refractivity contribution in [3.8, 4) is 5.69 Å². The summed E-state index contributed by atoms with van der Waals surface area (Å²) in [6.45, 7) is 4.16. The largest absolute Gasteiger partial charge is 1.00 e. The molecule has 0 fully saturated rings. The molecule has 4 aromatic rings. The van der Waals surface area contributed by atoms with Crippen LogP contribution < -0.4 is 21.5 Å². The zero-order valence-electron chi connectivity index (χ0n) is 19.9. The van der Waals surface area contributed by atoms with Gasteiger partial charge in [0.15, 0.2) is 12.4 Å². The highest BCUT2D eigenvalue weighted by Gasteiger charge is 2.31. The van der Waals surface area contributed by atoms with Crippen molar-refractivity contribution >= 4 is 46.5 Å². The van der Waals surface area contributed by atoms with Gasteiger partial charge >= 0.3 is 5.97 Å². The summed E-state index contributed by atoms with van der Waals surface area (Å²) in [6.07, 6.45) is 3.89. The lowest BCUT2D eigenvalue weighted by molar-refractivity contribution is -0.598. The number of aromatic nitrogens is 1. The summed E-state index contributed by atoms with van der Waals surface area (Å²) in [5.41, 5.74) is 4.50. The minimum Gasteiger partial charge on any atom is -1.00 e. The molecule has 36 heavy (non-hydrogen) atoms. The third-order valence-electron chi connectivity index (χ3n) is 5.48. The van der Waals surface area contributed by atoms with Crippen LogP contribution in [-0.4, -0.2) is 18.4 Å². The zero-order valence-corrected chi connectivity index (χ0v) is 23.8. The fourth-order valence-corrected chi connectivity index (χ4v) is 6.47. The zero-order chi connectivity index (χ0) is 24.8. The van der Waals surface area contributed by atoms with Gasteiger partial charge < -0.3 is 21.7 Å². The molecule has 0 N–H and O–H groups in total. The molecule has 0 atom stereocenters. The van der Waals surface area contributed by atoms with Crippen LogP contribution >= 0.6 is 34.7 Å². The third kappa shape index (κ3) is 6.65. The number of carbonyl (C=O) groups excluding carboxylic acids is 2. The number of benzene rings is 2. The van der Waals surface area contributed by atoms with E-state index < -0.39 is 0 Å². The smallest absolute Gasteiger partial charge is 0.310 e. The lowest BCUT2D eigenvalue weighted by atomic mass is 10.0. The predicted molar refractivity (Wildman–Crippen MR) is 142 cm³/mol. The van der Waals surface area contributed by atoms with Crippen LogP contribution in [0.5, 0.6) is 0 Å². The Morgan fingerprint density at radius 2 is 1.69 bits per heavy atom. The molecule has 0 amide bonds. The van der Waals surface area contributed by atoms with E-state index in [0.717, 1.165) is 15.6 Å². The molecule has 0 saturated heterocycles. The molecule has 4 rings (SSSR count). The van der Waals surface area contributed by atoms with E-state index in [1.807, 2.05) is 47.3 Å². The monoisotopic (exact) mass is 601 g/mol. The van der Waals surface area contributed by atoms with Crippen LogP contribution in [0.2, 0.25) is 5.02 Å². The van der Waals surface area contributed by atoms with Crippen molar-refractivity contribution in [2.75, 3.05) is 6.61 Å². The minimum atomic E-state index is -0.358. The highest BCUT2D eigenvalue weighted by atomic mass is 79.9. The fraction of sp³-hybridized carbons (Fsp3) is 0.179. The van der Waals surface area contributed by atoms with Gasteiger partial charge in [0.2, 0.25) is 11.5 Å². The first-order chi connectivity index (χ1) is 17.0. The Kier molecular flexibility index (Phi) is 10.3. The summed E-state index contributed by atoms with van der Waals surface area (Å²) in [6, 6.07) is 20.9. The van der Waals surface area contributed by atoms with Crippen LogP contribution in [0.15, 0.2) is 83.3 Å². The van der Waals surface area contributed by atoms with Crippen molar-refractivity contribution in [3.05, 3.63) is 111 Å². The number of esters is 1. The number of aryl methyl sites for hydroxylation is 1. The van der Waals surface area contributed by atoms with Crippen molar-refractivity contribution in [2.45, 2.75) is 30.2 Å². The van der Waals surface area contributed by atoms with E-state index in [9.17, 15) is 9.59 Å². The number of pyridine rings is 1. The van der Waals surface area contributed by atoms with E-state index >= 15 is 0 Å². The van der Waals surface area contributed by atoms with Gasteiger partial charge in [-0.15, -0.1) is 23.1 Å². The van der Waals surface area contributed by atoms with Crippen molar-refractivity contribution < 1.29 is 35.9 Å². The number of ether oxygens (including phenoxy) is 1. The predicted octanol–water partition coefficient (Wildman–Crippen LogP) is 3.62. The Hall–Kier alpha value is -2.45. The van der Waals surface area contributed by atoms with E-state index in [1.165, 1.54) is 22.5 Å². The van der Waals surface area contributed by atoms with Gasteiger partial charge in [0.1, 0.15) is 4.21 Å². The number of carbonyl (C=O) groups is 2. The normalized spacial score (nSPS) is 10.5. The molecule has 0 bridgehead atoms. The maximum absolute atomic E-state index is 13.6. The molecule has 0 aliphatic rings. The summed E-state index contributed by atoms with van der Waals surface area (Å²) in [5.74, 6) is 0.260. The van der Waals surface area contributed by atoms with E-state index in [-0.39, 0.29) is 41.8 Å². The van der Waals surface area contributed by atoms with Crippen molar-refractivity contribution in [3.63, 3.8) is 0 Å². The van der Waals surface area contributed by atoms with Gasteiger partial charge in [-0.3, -0.25) is 9.59 Å². The molecular formula is C28H25BrClNO3S2. The molecule has 4 nitrogen and oxygen atoms in total. The number of thioether (sulfide) groups is 1. The Labute approximate surface area is 235 Å². The number of halogens is 2. The van der Waals surface area contributed by atoms with Gasteiger partial charge in [-0.1, -0.05) is 41.9 Å². The maximum atomic E-state index is 13.6. The van der Waals surface area contributed by atoms with Gasteiger partial charge in [-0.25, -0.2) is 0 Å². The molecule has 186 valence electrons. The van der Waals surface area contributed by atoms with Crippen molar-refractivity contribution in [1.82, 2.24) is 0 Å². The molecule has 2 heterocycles. The van der Waals surface area contributed by atoms with E-state index in [1.54, 1.807) is 43.0 Å². The second-order valence-electron chi connectivity index (χ2n) is 7.86. The molecule has 0 unspecified atom stereocenters. The van der Waals surface area contributed by atoms with Gasteiger partial charge in [0.25, 0.3) is 0 Å². The van der Waals surface area contributed by atoms with E-state index in [4.69, 9.17) is 16.3 Å². The average molecular weight is 603 g/mol. The van der Waals surface area contributed by atoms with Crippen LogP contribution in [0, 0.1) is 6.92 Å². The second kappa shape index (κ2) is 13.2. The van der Waals surface area contributed by atoms with Gasteiger partial charge in [-0.2, -0.15) is 4.57 Å². The Morgan fingerprint density at radius 3 is 2.36 bits per heavy atom. The first kappa shape index (κ1) is 28.1. The lowest BCUT2D eigenvalue weighted by Gasteiger charge is -2.06. The van der Waals surface area contributed by atoms with Crippen molar-refractivity contribution in [1.29, 1.82) is 0 Å². The number of rotatable bonds is 9. The summed E-state index contributed by atoms with van der Waals surface area (Å²) in [7, 11) is 0. The first-order valence-corrected chi connectivity index (χ1v) is 13.4. The summed E-state index contributed by atoms with van der Waals surface area (Å²) in [4.78, 5) is 26.8. The molecule has 0 radical (unpaired) electrons. The fourth-order valence-electron chi connectivity index (χ4n) is 3.69. The number of hydrogen-bond acceptors (Lipinski definition) is 5. The SMILES string of the molecule is CCOC(=O)Cc1c(C(=O)c2ccc(Cl)cc2)sc(SCc2ccccc2C)c1-[n+]1ccccc1.[Br-]. The molecule has 0 saturated carbocycles. The molecule has 2 aromatic carbocycles. The summed E-state index contributed by atoms with van der Waals surface area (Å²) < 4.78 is 8.22. The molecule has 2 aromatic heterocycles. The second-order valence-corrected chi connectivity index (χ2v) is 10.6. The number of thiophene rings is 1. The standard InChI is InChI=1S/C28H25ClNO3S2.BrH/c1-3-33-24(31)17-23-25(30-15-7-4-8-16-30)28(34-18-21-10-6-5-9-19(21)2)35-27(23)26(32)20-11-13-22(29)14-12-20;/h4-16H,3,17-18H2,1-2H3;1H/q+1;/p-1. The average Bonchev–Trinajstić information content (AvgIpc) is 3.22. The van der Waals surface area contributed by atoms with Crippen molar-refractivity contribution in [2.24, 2.45) is 0 Å². The highest BCUT2D eigenvalue weighted by molar-refractivity contribution is 8.00. The topological polar surface area (TPSA) is 47.3 Å². The Balaban J connectivity index is 0.00000361. The first-order valence-electron chi connectivity index (χ1n) is 11.2. The van der Waals surface area contributed by atoms with Crippen LogP contribution in [0.1, 0.15) is 38.8 Å². The third-order valence-corrected chi connectivity index (χ3v) is 8.26. The van der Waals surface area contributed by atoms with Gasteiger partial charge in [-0.05, 0) is 49.2 Å². The molecule has 8 heteroatoms. The minimum absolute atomic E-state index is 0. The van der Waals surface area contributed by atoms with E-state index in [2.05, 4.69) is 19.1 Å². The Bertz CT molecular complexity index is 1340. The molecule has 0 aliphatic heterocycles. The summed E-state index contributed by atoms with van der Waals surface area (Å²) in [5, 5.41) is 0.564. The highest BCUT2D eigenvalue weighted by Crippen LogP contribution is 2.40. The summed E-state index contributed by atoms with van der Waals surface area (Å²) >= 11 is 9.14. The van der Waals surface area contributed by atoms with Crippen LogP contribution in [-0.2, 0) is 21.7 Å². The van der Waals surface area contributed by atoms with Gasteiger partial charge in [0.05, 0.1) is 23.5 Å². The number of nitrogens with zero attached hydrogens (tertiary/aromatic N) is 1. The maximum Gasteiger partial charge on any atom is 0.310 e. The van der Waals surface area contributed by atoms with Crippen LogP contribution in [0.3, 0.4) is 0 Å². The van der Waals surface area contributed by atoms with E-state index in [0.29, 0.717) is 21.0 Å². The molecular weight excluding hydrogens is 578 g/mol.